The minimum Gasteiger partial charge on any atom is -0.385 e. The summed E-state index contributed by atoms with van der Waals surface area (Å²) in [6.45, 7) is 7.16. The van der Waals surface area contributed by atoms with Crippen molar-refractivity contribution in [2.24, 2.45) is 0 Å². The Morgan fingerprint density at radius 2 is 1.65 bits per heavy atom. The van der Waals surface area contributed by atoms with E-state index in [0.717, 1.165) is 39.3 Å². The van der Waals surface area contributed by atoms with Gasteiger partial charge in [-0.05, 0) is 39.8 Å². The molecule has 0 rings (SSSR count). The minimum absolute atomic E-state index is 0.609. The van der Waals surface area contributed by atoms with Crippen molar-refractivity contribution in [1.29, 1.82) is 0 Å². The highest BCUT2D eigenvalue weighted by Gasteiger charge is 2.05. The summed E-state index contributed by atoms with van der Waals surface area (Å²) in [5.41, 5.74) is 0. The SMILES string of the molecule is CNC(C)CCCN(CCCOC)CCOC. The fourth-order valence-corrected chi connectivity index (χ4v) is 1.75. The molecule has 0 amide bonds. The third-order valence-corrected chi connectivity index (χ3v) is 3.04. The lowest BCUT2D eigenvalue weighted by Gasteiger charge is -2.22. The zero-order chi connectivity index (χ0) is 12.9. The second kappa shape index (κ2) is 12.3. The Bertz CT molecular complexity index is 156. The van der Waals surface area contributed by atoms with Crippen molar-refractivity contribution in [3.8, 4) is 0 Å². The Balaban J connectivity index is 3.67. The van der Waals surface area contributed by atoms with Gasteiger partial charge in [0.15, 0.2) is 0 Å². The van der Waals surface area contributed by atoms with Crippen LogP contribution >= 0.6 is 0 Å². The molecule has 4 nitrogen and oxygen atoms in total. The van der Waals surface area contributed by atoms with E-state index in [0.29, 0.717) is 6.04 Å². The number of nitrogens with one attached hydrogen (secondary N) is 1. The first kappa shape index (κ1) is 16.8. The fourth-order valence-electron chi connectivity index (χ4n) is 1.75. The summed E-state index contributed by atoms with van der Waals surface area (Å²) in [7, 11) is 5.54. The molecule has 17 heavy (non-hydrogen) atoms. The maximum Gasteiger partial charge on any atom is 0.0589 e. The summed E-state index contributed by atoms with van der Waals surface area (Å²) in [6, 6.07) is 0.609. The Labute approximate surface area is 107 Å². The molecule has 0 aromatic carbocycles. The first-order valence-electron chi connectivity index (χ1n) is 6.62. The number of hydrogen-bond acceptors (Lipinski definition) is 4. The molecule has 0 heterocycles. The van der Waals surface area contributed by atoms with Gasteiger partial charge >= 0.3 is 0 Å². The van der Waals surface area contributed by atoms with Gasteiger partial charge in [-0.1, -0.05) is 0 Å². The molecule has 0 aliphatic carbocycles. The zero-order valence-corrected chi connectivity index (χ0v) is 12.0. The van der Waals surface area contributed by atoms with Crippen LogP contribution in [0, 0.1) is 0 Å². The van der Waals surface area contributed by atoms with Crippen molar-refractivity contribution in [3.05, 3.63) is 0 Å². The standard InChI is InChI=1S/C13H30N2O2/c1-13(14-2)7-5-8-15(10-12-17-4)9-6-11-16-3/h13-14H,5-12H2,1-4H3. The van der Waals surface area contributed by atoms with Crippen LogP contribution in [0.3, 0.4) is 0 Å². The van der Waals surface area contributed by atoms with Crippen molar-refractivity contribution in [1.82, 2.24) is 10.2 Å². The lowest BCUT2D eigenvalue weighted by Crippen LogP contribution is -2.31. The topological polar surface area (TPSA) is 33.7 Å². The number of rotatable bonds is 12. The van der Waals surface area contributed by atoms with Crippen LogP contribution < -0.4 is 5.32 Å². The molecule has 1 unspecified atom stereocenters. The van der Waals surface area contributed by atoms with Crippen molar-refractivity contribution >= 4 is 0 Å². The van der Waals surface area contributed by atoms with Crippen LogP contribution in [0.15, 0.2) is 0 Å². The third kappa shape index (κ3) is 10.7. The van der Waals surface area contributed by atoms with Crippen LogP contribution in [0.2, 0.25) is 0 Å². The molecule has 0 bridgehead atoms. The number of hydrogen-bond donors (Lipinski definition) is 1. The zero-order valence-electron chi connectivity index (χ0n) is 12.0. The lowest BCUT2D eigenvalue weighted by molar-refractivity contribution is 0.131. The first-order chi connectivity index (χ1) is 8.24. The van der Waals surface area contributed by atoms with E-state index in [4.69, 9.17) is 9.47 Å². The third-order valence-electron chi connectivity index (χ3n) is 3.04. The molecule has 0 saturated carbocycles. The van der Waals surface area contributed by atoms with Gasteiger partial charge in [-0.3, -0.25) is 0 Å². The van der Waals surface area contributed by atoms with E-state index in [9.17, 15) is 0 Å². The average Bonchev–Trinajstić information content (AvgIpc) is 2.35. The Morgan fingerprint density at radius 1 is 1.00 bits per heavy atom. The van der Waals surface area contributed by atoms with Crippen LogP contribution in [-0.4, -0.2) is 65.1 Å². The molecule has 0 saturated heterocycles. The molecular formula is C13H30N2O2. The molecule has 0 radical (unpaired) electrons. The van der Waals surface area contributed by atoms with Crippen molar-refractivity contribution < 1.29 is 9.47 Å². The normalized spacial score (nSPS) is 13.2. The van der Waals surface area contributed by atoms with Crippen LogP contribution in [0.4, 0.5) is 0 Å². The predicted molar refractivity (Wildman–Crippen MR) is 72.6 cm³/mol. The van der Waals surface area contributed by atoms with E-state index in [2.05, 4.69) is 17.1 Å². The second-order valence-corrected chi connectivity index (χ2v) is 4.51. The summed E-state index contributed by atoms with van der Waals surface area (Å²) in [6.07, 6.45) is 3.56. The summed E-state index contributed by atoms with van der Waals surface area (Å²) in [5, 5.41) is 3.27. The highest BCUT2D eigenvalue weighted by molar-refractivity contribution is 4.62. The Kier molecular flexibility index (Phi) is 12.2. The molecule has 1 N–H and O–H groups in total. The predicted octanol–water partition coefficient (Wildman–Crippen LogP) is 1.36. The monoisotopic (exact) mass is 246 g/mol. The van der Waals surface area contributed by atoms with E-state index in [1.165, 1.54) is 12.8 Å². The first-order valence-corrected chi connectivity index (χ1v) is 6.62. The molecule has 1 atom stereocenters. The maximum atomic E-state index is 5.14. The summed E-state index contributed by atoms with van der Waals surface area (Å²) >= 11 is 0. The maximum absolute atomic E-state index is 5.14. The Hall–Kier alpha value is -0.160. The van der Waals surface area contributed by atoms with E-state index < -0.39 is 0 Å². The largest absolute Gasteiger partial charge is 0.385 e. The van der Waals surface area contributed by atoms with Crippen LogP contribution in [0.1, 0.15) is 26.2 Å². The molecule has 4 heteroatoms. The average molecular weight is 246 g/mol. The van der Waals surface area contributed by atoms with Gasteiger partial charge in [-0.15, -0.1) is 0 Å². The smallest absolute Gasteiger partial charge is 0.0589 e. The van der Waals surface area contributed by atoms with Gasteiger partial charge in [-0.25, -0.2) is 0 Å². The quantitative estimate of drug-likeness (QED) is 0.527. The van der Waals surface area contributed by atoms with Gasteiger partial charge in [0.2, 0.25) is 0 Å². The molecular weight excluding hydrogens is 216 g/mol. The molecule has 0 aromatic rings. The molecule has 0 aliphatic rings. The van der Waals surface area contributed by atoms with Crippen LogP contribution in [0.5, 0.6) is 0 Å². The number of ether oxygens (including phenoxy) is 2. The molecule has 0 spiro atoms. The van der Waals surface area contributed by atoms with Gasteiger partial charge in [0.05, 0.1) is 6.61 Å². The number of nitrogens with zero attached hydrogens (tertiary/aromatic N) is 1. The molecule has 0 aromatic heterocycles. The van der Waals surface area contributed by atoms with E-state index >= 15 is 0 Å². The van der Waals surface area contributed by atoms with Gasteiger partial charge in [-0.2, -0.15) is 0 Å². The minimum atomic E-state index is 0.609. The lowest BCUT2D eigenvalue weighted by atomic mass is 10.2. The van der Waals surface area contributed by atoms with Gasteiger partial charge in [0.25, 0.3) is 0 Å². The van der Waals surface area contributed by atoms with E-state index in [-0.39, 0.29) is 0 Å². The van der Waals surface area contributed by atoms with Gasteiger partial charge in [0.1, 0.15) is 0 Å². The molecule has 0 fully saturated rings. The molecule has 104 valence electrons. The van der Waals surface area contributed by atoms with Crippen LogP contribution in [0.25, 0.3) is 0 Å². The van der Waals surface area contributed by atoms with Crippen molar-refractivity contribution in [2.75, 3.05) is 54.1 Å². The summed E-state index contributed by atoms with van der Waals surface area (Å²) < 4.78 is 10.2. The highest BCUT2D eigenvalue weighted by Crippen LogP contribution is 2.00. The van der Waals surface area contributed by atoms with Gasteiger partial charge in [0, 0.05) is 40.0 Å². The fraction of sp³-hybridized carbons (Fsp3) is 1.00. The van der Waals surface area contributed by atoms with Crippen LogP contribution in [-0.2, 0) is 9.47 Å². The number of methoxy groups -OCH3 is 2. The molecule has 0 aliphatic heterocycles. The van der Waals surface area contributed by atoms with E-state index in [1.54, 1.807) is 14.2 Å². The Morgan fingerprint density at radius 3 is 2.24 bits per heavy atom. The van der Waals surface area contributed by atoms with Crippen molar-refractivity contribution in [2.45, 2.75) is 32.2 Å². The summed E-state index contributed by atoms with van der Waals surface area (Å²) in [5.74, 6) is 0. The summed E-state index contributed by atoms with van der Waals surface area (Å²) in [4.78, 5) is 2.46. The van der Waals surface area contributed by atoms with E-state index in [1.807, 2.05) is 7.05 Å². The second-order valence-electron chi connectivity index (χ2n) is 4.51. The van der Waals surface area contributed by atoms with Gasteiger partial charge < -0.3 is 19.7 Å². The van der Waals surface area contributed by atoms with Crippen molar-refractivity contribution in [3.63, 3.8) is 0 Å². The highest BCUT2D eigenvalue weighted by atomic mass is 16.5.